The van der Waals surface area contributed by atoms with Crippen LogP contribution in [0.2, 0.25) is 5.02 Å². The number of nitrogens with zero attached hydrogens (tertiary/aromatic N) is 4. The van der Waals surface area contributed by atoms with E-state index in [1.54, 1.807) is 0 Å². The van der Waals surface area contributed by atoms with Crippen LogP contribution in [0.3, 0.4) is 0 Å². The first-order chi connectivity index (χ1) is 16.3. The molecule has 4 heterocycles. The van der Waals surface area contributed by atoms with Gasteiger partial charge in [-0.15, -0.1) is 0 Å². The number of benzene rings is 1. The minimum atomic E-state index is -0.831. The van der Waals surface area contributed by atoms with Gasteiger partial charge >= 0.3 is 0 Å². The fraction of sp³-hybridized carbons (Fsp3) is 0.435. The standard InChI is InChI=1S/C23H22ClF3N6O/c1-12-20(28)23(11-34-12)6-8-33(9-7-23)22-17(10-25)29-19-16(31-32-21(19)30-22)5-2-13-14(26)3-4-15(27)18(13)24/h3-4,12,20H,6-11,28H2,1H3,(H,30,31,32)/t12-,20+/m0/s1. The lowest BCUT2D eigenvalue weighted by molar-refractivity contribution is 0.0974. The zero-order valence-electron chi connectivity index (χ0n) is 18.3. The number of hydrogen-bond donors (Lipinski definition) is 2. The van der Waals surface area contributed by atoms with E-state index in [1.165, 1.54) is 0 Å². The Bertz CT molecular complexity index is 1310. The summed E-state index contributed by atoms with van der Waals surface area (Å²) in [6, 6.07) is 1.83. The molecular weight excluding hydrogens is 469 g/mol. The first-order valence-corrected chi connectivity index (χ1v) is 11.3. The molecule has 0 amide bonds. The first-order valence-electron chi connectivity index (χ1n) is 10.9. The Morgan fingerprint density at radius 2 is 1.97 bits per heavy atom. The van der Waals surface area contributed by atoms with Gasteiger partial charge in [0.2, 0.25) is 5.65 Å². The largest absolute Gasteiger partial charge is 0.376 e. The van der Waals surface area contributed by atoms with Gasteiger partial charge in [0, 0.05) is 24.5 Å². The van der Waals surface area contributed by atoms with Crippen LogP contribution in [0.15, 0.2) is 12.1 Å². The van der Waals surface area contributed by atoms with Crippen molar-refractivity contribution >= 4 is 28.6 Å². The van der Waals surface area contributed by atoms with Crippen LogP contribution in [0, 0.1) is 28.9 Å². The molecule has 0 bridgehead atoms. The van der Waals surface area contributed by atoms with Gasteiger partial charge in [-0.25, -0.2) is 23.1 Å². The van der Waals surface area contributed by atoms with Gasteiger partial charge in [0.1, 0.15) is 35.2 Å². The maximum absolute atomic E-state index is 14.0. The number of anilines is 1. The Balaban J connectivity index is 1.44. The molecule has 34 heavy (non-hydrogen) atoms. The van der Waals surface area contributed by atoms with Crippen LogP contribution in [0.4, 0.5) is 19.0 Å². The van der Waals surface area contributed by atoms with E-state index in [1.807, 2.05) is 11.8 Å². The molecule has 1 aromatic carbocycles. The van der Waals surface area contributed by atoms with E-state index in [0.717, 1.165) is 25.0 Å². The first kappa shape index (κ1) is 22.9. The number of H-pyrrole nitrogens is 1. The normalized spacial score (nSPS) is 21.8. The maximum Gasteiger partial charge on any atom is 0.202 e. The summed E-state index contributed by atoms with van der Waals surface area (Å²) in [5.41, 5.74) is 6.87. The van der Waals surface area contributed by atoms with Crippen molar-refractivity contribution in [3.05, 3.63) is 45.7 Å². The summed E-state index contributed by atoms with van der Waals surface area (Å²) >= 11 is 5.83. The van der Waals surface area contributed by atoms with E-state index in [2.05, 4.69) is 32.0 Å². The lowest BCUT2D eigenvalue weighted by atomic mass is 9.73. The molecular formula is C23H22ClF3N6O. The second kappa shape index (κ2) is 8.73. The number of aromatic nitrogens is 4. The van der Waals surface area contributed by atoms with Gasteiger partial charge in [-0.3, -0.25) is 5.10 Å². The molecule has 2 aliphatic heterocycles. The molecule has 7 nitrogen and oxygen atoms in total. The Labute approximate surface area is 198 Å². The smallest absolute Gasteiger partial charge is 0.202 e. The van der Waals surface area contributed by atoms with Crippen molar-refractivity contribution in [1.29, 1.82) is 0 Å². The van der Waals surface area contributed by atoms with Crippen molar-refractivity contribution in [2.75, 3.05) is 24.6 Å². The molecule has 2 atom stereocenters. The molecule has 3 aromatic rings. The fourth-order valence-electron chi connectivity index (χ4n) is 4.69. The summed E-state index contributed by atoms with van der Waals surface area (Å²) in [6.45, 7) is 3.07. The summed E-state index contributed by atoms with van der Waals surface area (Å²) in [4.78, 5) is 10.9. The molecule has 5 rings (SSSR count). The highest BCUT2D eigenvalue weighted by molar-refractivity contribution is 6.31. The van der Waals surface area contributed by atoms with Crippen LogP contribution < -0.4 is 10.6 Å². The van der Waals surface area contributed by atoms with Crippen LogP contribution in [-0.2, 0) is 11.4 Å². The van der Waals surface area contributed by atoms with Crippen LogP contribution >= 0.6 is 11.6 Å². The Kier molecular flexibility index (Phi) is 5.88. The maximum atomic E-state index is 14.0. The highest BCUT2D eigenvalue weighted by Crippen LogP contribution is 2.42. The number of aromatic amines is 1. The third-order valence-electron chi connectivity index (χ3n) is 6.83. The Morgan fingerprint density at radius 1 is 1.24 bits per heavy atom. The van der Waals surface area contributed by atoms with Gasteiger partial charge < -0.3 is 15.4 Å². The average Bonchev–Trinajstić information content (AvgIpc) is 3.37. The van der Waals surface area contributed by atoms with Gasteiger partial charge in [0.05, 0.1) is 23.3 Å². The minimum Gasteiger partial charge on any atom is -0.376 e. The zero-order chi connectivity index (χ0) is 24.0. The van der Waals surface area contributed by atoms with E-state index in [9.17, 15) is 13.2 Å². The van der Waals surface area contributed by atoms with E-state index in [4.69, 9.17) is 22.1 Å². The van der Waals surface area contributed by atoms with Crippen LogP contribution in [0.1, 0.15) is 36.7 Å². The number of piperidine rings is 1. The van der Waals surface area contributed by atoms with Crippen LogP contribution in [0.25, 0.3) is 11.2 Å². The number of ether oxygens (including phenoxy) is 1. The molecule has 2 aromatic heterocycles. The second-order valence-electron chi connectivity index (χ2n) is 8.76. The predicted octanol–water partition coefficient (Wildman–Crippen LogP) is 3.49. The molecule has 0 radical (unpaired) electrons. The van der Waals surface area contributed by atoms with Crippen molar-refractivity contribution in [2.45, 2.75) is 38.6 Å². The summed E-state index contributed by atoms with van der Waals surface area (Å²) in [5, 5.41) is 6.40. The van der Waals surface area contributed by atoms with E-state index in [-0.39, 0.29) is 45.7 Å². The zero-order valence-corrected chi connectivity index (χ0v) is 19.1. The third-order valence-corrected chi connectivity index (χ3v) is 7.20. The molecule has 2 saturated heterocycles. The summed E-state index contributed by atoms with van der Waals surface area (Å²) in [6.07, 6.45) is 1.63. The van der Waals surface area contributed by atoms with Gasteiger partial charge in [-0.2, -0.15) is 5.10 Å². The highest BCUT2D eigenvalue weighted by atomic mass is 35.5. The molecule has 2 aliphatic rings. The summed E-state index contributed by atoms with van der Waals surface area (Å²) < 4.78 is 47.4. The van der Waals surface area contributed by atoms with Crippen molar-refractivity contribution in [3.63, 3.8) is 0 Å². The van der Waals surface area contributed by atoms with Gasteiger partial charge in [0.15, 0.2) is 5.82 Å². The van der Waals surface area contributed by atoms with Crippen molar-refractivity contribution in [2.24, 2.45) is 11.1 Å². The fourth-order valence-corrected chi connectivity index (χ4v) is 4.89. The van der Waals surface area contributed by atoms with E-state index >= 15 is 0 Å². The summed E-state index contributed by atoms with van der Waals surface area (Å²) in [5.74, 6) is 4.05. The lowest BCUT2D eigenvalue weighted by Crippen LogP contribution is -2.51. The number of alkyl halides is 1. The summed E-state index contributed by atoms with van der Waals surface area (Å²) in [7, 11) is 0. The molecule has 0 unspecified atom stereocenters. The molecule has 3 N–H and O–H groups in total. The van der Waals surface area contributed by atoms with Crippen LogP contribution in [-0.4, -0.2) is 52.0 Å². The molecule has 1 spiro atoms. The third kappa shape index (κ3) is 3.78. The van der Waals surface area contributed by atoms with Gasteiger partial charge in [-0.05, 0) is 37.8 Å². The number of fused-ring (bicyclic) bond motifs is 1. The van der Waals surface area contributed by atoms with Crippen molar-refractivity contribution < 1.29 is 17.9 Å². The van der Waals surface area contributed by atoms with E-state index in [0.29, 0.717) is 25.5 Å². The lowest BCUT2D eigenvalue weighted by Gasteiger charge is -2.41. The second-order valence-corrected chi connectivity index (χ2v) is 9.14. The topological polar surface area (TPSA) is 93.0 Å². The number of nitrogens with two attached hydrogens (primary N) is 1. The van der Waals surface area contributed by atoms with Crippen molar-refractivity contribution in [1.82, 2.24) is 20.2 Å². The van der Waals surface area contributed by atoms with Crippen molar-refractivity contribution in [3.8, 4) is 11.8 Å². The quantitative estimate of drug-likeness (QED) is 0.422. The molecule has 2 fully saturated rings. The predicted molar refractivity (Wildman–Crippen MR) is 121 cm³/mol. The minimum absolute atomic E-state index is 0.0171. The molecule has 0 aliphatic carbocycles. The number of rotatable bonds is 2. The number of nitrogens with one attached hydrogen (secondary N) is 1. The Morgan fingerprint density at radius 3 is 2.65 bits per heavy atom. The van der Waals surface area contributed by atoms with E-state index < -0.39 is 23.3 Å². The van der Waals surface area contributed by atoms with Gasteiger partial charge in [0.25, 0.3) is 0 Å². The monoisotopic (exact) mass is 490 g/mol. The van der Waals surface area contributed by atoms with Gasteiger partial charge in [-0.1, -0.05) is 17.5 Å². The van der Waals surface area contributed by atoms with Crippen LogP contribution in [0.5, 0.6) is 0 Å². The Hall–Kier alpha value is -2.87. The molecule has 178 valence electrons. The SMILES string of the molecule is C[C@@H]1OCC2(CCN(c3nc4n[nH]c(C#Cc5c(F)ccc(F)c5Cl)c4nc3CF)CC2)[C@@H]1N. The number of hydrogen-bond acceptors (Lipinski definition) is 6. The average molecular weight is 491 g/mol. The molecule has 11 heteroatoms. The highest BCUT2D eigenvalue weighted by Gasteiger charge is 2.47. The number of halogens is 4. The molecule has 0 saturated carbocycles.